The van der Waals surface area contributed by atoms with Crippen LogP contribution in [0.4, 0.5) is 16.3 Å². The molecule has 0 atom stereocenters. The summed E-state index contributed by atoms with van der Waals surface area (Å²) in [4.78, 5) is 18.3. The van der Waals surface area contributed by atoms with Crippen molar-refractivity contribution in [1.29, 1.82) is 0 Å². The number of urea groups is 1. The molecule has 0 bridgehead atoms. The lowest BCUT2D eigenvalue weighted by Crippen LogP contribution is -2.28. The number of nitrogens with one attached hydrogen (secondary N) is 2. The third-order valence-electron chi connectivity index (χ3n) is 3.07. The number of aromatic nitrogens is 3. The predicted octanol–water partition coefficient (Wildman–Crippen LogP) is 2.25. The highest BCUT2D eigenvalue weighted by molar-refractivity contribution is 5.88. The second-order valence-electron chi connectivity index (χ2n) is 5.49. The van der Waals surface area contributed by atoms with Gasteiger partial charge in [0.05, 0.1) is 24.1 Å². The largest absolute Gasteiger partial charge is 0.363 e. The zero-order valence-electron chi connectivity index (χ0n) is 13.4. The highest BCUT2D eigenvalue weighted by Gasteiger charge is 2.06. The van der Waals surface area contributed by atoms with E-state index in [0.29, 0.717) is 12.2 Å². The van der Waals surface area contributed by atoms with Gasteiger partial charge >= 0.3 is 6.03 Å². The van der Waals surface area contributed by atoms with Crippen LogP contribution in [0.2, 0.25) is 0 Å². The van der Waals surface area contributed by atoms with Gasteiger partial charge < -0.3 is 15.5 Å². The molecule has 2 heterocycles. The highest BCUT2D eigenvalue weighted by Crippen LogP contribution is 2.10. The third-order valence-corrected chi connectivity index (χ3v) is 3.07. The molecule has 0 unspecified atom stereocenters. The topological polar surface area (TPSA) is 75.1 Å². The van der Waals surface area contributed by atoms with E-state index >= 15 is 0 Å². The van der Waals surface area contributed by atoms with Crippen LogP contribution in [0.25, 0.3) is 0 Å². The minimum atomic E-state index is -0.277. The Labute approximate surface area is 130 Å². The van der Waals surface area contributed by atoms with Gasteiger partial charge in [-0.2, -0.15) is 5.10 Å². The van der Waals surface area contributed by atoms with Gasteiger partial charge in [-0.1, -0.05) is 6.07 Å². The lowest BCUT2D eigenvalue weighted by Gasteiger charge is -2.12. The van der Waals surface area contributed by atoms with E-state index in [4.69, 9.17) is 0 Å². The number of carbonyl (C=O) groups is 1. The van der Waals surface area contributed by atoms with Crippen molar-refractivity contribution in [2.24, 2.45) is 0 Å². The van der Waals surface area contributed by atoms with Gasteiger partial charge in [-0.05, 0) is 26.0 Å². The first kappa shape index (κ1) is 15.8. The molecule has 0 aliphatic rings. The van der Waals surface area contributed by atoms with Crippen LogP contribution < -0.4 is 15.5 Å². The Hall–Kier alpha value is -2.57. The maximum Gasteiger partial charge on any atom is 0.319 e. The smallest absolute Gasteiger partial charge is 0.319 e. The minimum Gasteiger partial charge on any atom is -0.363 e. The molecule has 0 spiro atoms. The molecule has 0 aliphatic carbocycles. The highest BCUT2D eigenvalue weighted by atomic mass is 16.2. The van der Waals surface area contributed by atoms with Gasteiger partial charge in [0.25, 0.3) is 0 Å². The molecule has 22 heavy (non-hydrogen) atoms. The Morgan fingerprint density at radius 3 is 2.77 bits per heavy atom. The lowest BCUT2D eigenvalue weighted by atomic mass is 10.3. The monoisotopic (exact) mass is 302 g/mol. The van der Waals surface area contributed by atoms with E-state index in [1.54, 1.807) is 17.1 Å². The first-order valence-electron chi connectivity index (χ1n) is 7.18. The van der Waals surface area contributed by atoms with Crippen LogP contribution in [-0.4, -0.2) is 34.9 Å². The second kappa shape index (κ2) is 6.93. The van der Waals surface area contributed by atoms with E-state index in [-0.39, 0.29) is 12.1 Å². The van der Waals surface area contributed by atoms with Gasteiger partial charge in [-0.15, -0.1) is 0 Å². The van der Waals surface area contributed by atoms with E-state index in [1.165, 1.54) is 0 Å². The van der Waals surface area contributed by atoms with E-state index < -0.39 is 0 Å². The van der Waals surface area contributed by atoms with Gasteiger partial charge in [0.15, 0.2) is 0 Å². The Morgan fingerprint density at radius 1 is 1.36 bits per heavy atom. The van der Waals surface area contributed by atoms with Crippen LogP contribution in [0, 0.1) is 0 Å². The molecule has 0 saturated carbocycles. The Balaban J connectivity index is 1.88. The summed E-state index contributed by atoms with van der Waals surface area (Å²) in [7, 11) is 3.86. The molecular formula is C15H22N6O. The molecule has 2 aromatic rings. The summed E-state index contributed by atoms with van der Waals surface area (Å²) in [5.41, 5.74) is 1.47. The van der Waals surface area contributed by atoms with Crippen LogP contribution in [-0.2, 0) is 6.54 Å². The average molecular weight is 302 g/mol. The summed E-state index contributed by atoms with van der Waals surface area (Å²) in [6, 6.07) is 5.70. The molecule has 0 aromatic carbocycles. The molecular weight excluding hydrogens is 280 g/mol. The molecule has 7 nitrogen and oxygen atoms in total. The zero-order valence-corrected chi connectivity index (χ0v) is 13.4. The Morgan fingerprint density at radius 2 is 2.14 bits per heavy atom. The molecule has 0 fully saturated rings. The quantitative estimate of drug-likeness (QED) is 0.888. The number of anilines is 2. The Bertz CT molecular complexity index is 634. The van der Waals surface area contributed by atoms with Crippen molar-refractivity contribution in [3.63, 3.8) is 0 Å². The van der Waals surface area contributed by atoms with Crippen molar-refractivity contribution >= 4 is 17.5 Å². The predicted molar refractivity (Wildman–Crippen MR) is 87.0 cm³/mol. The van der Waals surface area contributed by atoms with Gasteiger partial charge in [-0.3, -0.25) is 4.68 Å². The number of hydrogen-bond donors (Lipinski definition) is 2. The van der Waals surface area contributed by atoms with Crippen LogP contribution in [0.5, 0.6) is 0 Å². The number of pyridine rings is 1. The van der Waals surface area contributed by atoms with Crippen molar-refractivity contribution in [3.05, 3.63) is 36.3 Å². The maximum atomic E-state index is 11.9. The van der Waals surface area contributed by atoms with Crippen molar-refractivity contribution in [2.75, 3.05) is 24.3 Å². The number of amides is 2. The van der Waals surface area contributed by atoms with Crippen LogP contribution in [0.3, 0.4) is 0 Å². The van der Waals surface area contributed by atoms with Gasteiger partial charge in [0.2, 0.25) is 0 Å². The van der Waals surface area contributed by atoms with Crippen LogP contribution in [0.1, 0.15) is 25.6 Å². The molecule has 2 aromatic heterocycles. The van der Waals surface area contributed by atoms with Gasteiger partial charge in [0, 0.05) is 26.3 Å². The zero-order chi connectivity index (χ0) is 16.1. The fourth-order valence-corrected chi connectivity index (χ4v) is 1.85. The molecule has 0 aliphatic heterocycles. The summed E-state index contributed by atoms with van der Waals surface area (Å²) in [6.45, 7) is 4.42. The van der Waals surface area contributed by atoms with E-state index in [1.807, 2.05) is 51.0 Å². The average Bonchev–Trinajstić information content (AvgIpc) is 2.94. The van der Waals surface area contributed by atoms with Crippen LogP contribution in [0.15, 0.2) is 30.6 Å². The molecule has 0 radical (unpaired) electrons. The fraction of sp³-hybridized carbons (Fsp3) is 0.400. The first-order chi connectivity index (χ1) is 10.5. The summed E-state index contributed by atoms with van der Waals surface area (Å²) in [5.74, 6) is 0.859. The van der Waals surface area contributed by atoms with E-state index in [0.717, 1.165) is 11.5 Å². The molecule has 2 N–H and O–H groups in total. The summed E-state index contributed by atoms with van der Waals surface area (Å²) in [5, 5.41) is 9.71. The number of carbonyl (C=O) groups excluding carboxylic acids is 1. The molecule has 0 saturated heterocycles. The lowest BCUT2D eigenvalue weighted by molar-refractivity contribution is 0.251. The number of hydrogen-bond acceptors (Lipinski definition) is 4. The van der Waals surface area contributed by atoms with Crippen molar-refractivity contribution < 1.29 is 4.79 Å². The van der Waals surface area contributed by atoms with E-state index in [2.05, 4.69) is 20.7 Å². The van der Waals surface area contributed by atoms with Crippen LogP contribution >= 0.6 is 0 Å². The molecule has 2 rings (SSSR count). The molecule has 118 valence electrons. The van der Waals surface area contributed by atoms with Gasteiger partial charge in [-0.25, -0.2) is 9.78 Å². The summed E-state index contributed by atoms with van der Waals surface area (Å²) >= 11 is 0. The SMILES string of the molecule is CC(C)n1cc(NC(=O)NCc2cccc(N(C)C)n2)cn1. The standard InChI is InChI=1S/C15H22N6O/c1-11(2)21-10-13(9-17-21)19-15(22)16-8-12-6-5-7-14(18-12)20(3)4/h5-7,9-11H,8H2,1-4H3,(H2,16,19,22). The van der Waals surface area contributed by atoms with Crippen molar-refractivity contribution in [3.8, 4) is 0 Å². The summed E-state index contributed by atoms with van der Waals surface area (Å²) < 4.78 is 1.79. The van der Waals surface area contributed by atoms with Crippen molar-refractivity contribution in [2.45, 2.75) is 26.4 Å². The normalized spacial score (nSPS) is 10.6. The number of rotatable bonds is 5. The number of nitrogens with zero attached hydrogens (tertiary/aromatic N) is 4. The minimum absolute atomic E-state index is 0.261. The Kier molecular flexibility index (Phi) is 4.98. The fourth-order valence-electron chi connectivity index (χ4n) is 1.85. The molecule has 7 heteroatoms. The van der Waals surface area contributed by atoms with Crippen molar-refractivity contribution in [1.82, 2.24) is 20.1 Å². The maximum absolute atomic E-state index is 11.9. The first-order valence-corrected chi connectivity index (χ1v) is 7.18. The third kappa shape index (κ3) is 4.21. The second-order valence-corrected chi connectivity index (χ2v) is 5.49. The molecule has 2 amide bonds. The van der Waals surface area contributed by atoms with E-state index in [9.17, 15) is 4.79 Å². The van der Waals surface area contributed by atoms with Gasteiger partial charge in [0.1, 0.15) is 5.82 Å². The summed E-state index contributed by atoms with van der Waals surface area (Å²) in [6.07, 6.45) is 3.43.